The van der Waals surface area contributed by atoms with Crippen molar-refractivity contribution in [2.45, 2.75) is 6.61 Å². The molecule has 3 N–H and O–H groups in total. The topological polar surface area (TPSA) is 81.5 Å². The summed E-state index contributed by atoms with van der Waals surface area (Å²) in [6.07, 6.45) is 0. The fraction of sp³-hybridized carbons (Fsp3) is 0.100. The van der Waals surface area contributed by atoms with Gasteiger partial charge in [0.25, 0.3) is 0 Å². The zero-order chi connectivity index (χ0) is 10.7. The molecule has 2 aromatic rings. The number of rotatable bonds is 3. The van der Waals surface area contributed by atoms with Gasteiger partial charge in [-0.2, -0.15) is 0 Å². The van der Waals surface area contributed by atoms with Gasteiger partial charge >= 0.3 is 0 Å². The van der Waals surface area contributed by atoms with Crippen LogP contribution in [0, 0.1) is 0 Å². The first kappa shape index (κ1) is 9.39. The molecular formula is C10H10N2O3. The summed E-state index contributed by atoms with van der Waals surface area (Å²) < 4.78 is 10.0. The van der Waals surface area contributed by atoms with E-state index in [4.69, 9.17) is 10.5 Å². The average Bonchev–Trinajstić information content (AvgIpc) is 2.62. The lowest BCUT2D eigenvalue weighted by atomic mass is 10.3. The van der Waals surface area contributed by atoms with Gasteiger partial charge in [-0.05, 0) is 12.1 Å². The quantitative estimate of drug-likeness (QED) is 0.796. The molecule has 0 unspecified atom stereocenters. The van der Waals surface area contributed by atoms with Crippen LogP contribution >= 0.6 is 0 Å². The van der Waals surface area contributed by atoms with E-state index in [-0.39, 0.29) is 18.2 Å². The minimum atomic E-state index is 0.159. The Kier molecular flexibility index (Phi) is 2.45. The summed E-state index contributed by atoms with van der Waals surface area (Å²) >= 11 is 0. The molecule has 0 saturated carbocycles. The second kappa shape index (κ2) is 3.91. The highest BCUT2D eigenvalue weighted by molar-refractivity contribution is 5.32. The Morgan fingerprint density at radius 1 is 1.40 bits per heavy atom. The Hall–Kier alpha value is -2.17. The normalized spacial score (nSPS) is 10.1. The number of hydrogen-bond acceptors (Lipinski definition) is 5. The van der Waals surface area contributed by atoms with E-state index in [1.165, 1.54) is 6.07 Å². The van der Waals surface area contributed by atoms with Crippen molar-refractivity contribution in [1.82, 2.24) is 5.16 Å². The zero-order valence-electron chi connectivity index (χ0n) is 7.88. The molecule has 0 bridgehead atoms. The number of nitrogen functional groups attached to an aromatic ring is 1. The molecule has 15 heavy (non-hydrogen) atoms. The maximum atomic E-state index is 9.18. The lowest BCUT2D eigenvalue weighted by Gasteiger charge is -2.03. The first-order valence-electron chi connectivity index (χ1n) is 4.37. The second-order valence-electron chi connectivity index (χ2n) is 3.01. The molecule has 1 heterocycles. The third-order valence-corrected chi connectivity index (χ3v) is 1.78. The number of benzene rings is 1. The van der Waals surface area contributed by atoms with E-state index in [9.17, 15) is 5.11 Å². The van der Waals surface area contributed by atoms with Gasteiger partial charge in [0.05, 0.1) is 0 Å². The highest BCUT2D eigenvalue weighted by Crippen LogP contribution is 2.18. The Bertz CT molecular complexity index is 453. The third kappa shape index (κ3) is 2.40. The van der Waals surface area contributed by atoms with Crippen molar-refractivity contribution < 1.29 is 14.4 Å². The standard InChI is InChI=1S/C10H10N2O3/c11-10-4-7(12-15-10)6-14-9-3-1-2-8(13)5-9/h1-5,13H,6,11H2. The van der Waals surface area contributed by atoms with Crippen LogP contribution in [0.1, 0.15) is 5.69 Å². The van der Waals surface area contributed by atoms with Gasteiger partial charge in [-0.1, -0.05) is 11.2 Å². The molecule has 5 heteroatoms. The van der Waals surface area contributed by atoms with Gasteiger partial charge in [-0.15, -0.1) is 0 Å². The lowest BCUT2D eigenvalue weighted by Crippen LogP contribution is -1.94. The summed E-state index contributed by atoms with van der Waals surface area (Å²) in [7, 11) is 0. The van der Waals surface area contributed by atoms with Crippen LogP contribution in [-0.4, -0.2) is 10.3 Å². The largest absolute Gasteiger partial charge is 0.508 e. The minimum absolute atomic E-state index is 0.159. The Morgan fingerprint density at radius 3 is 2.93 bits per heavy atom. The smallest absolute Gasteiger partial charge is 0.222 e. The van der Waals surface area contributed by atoms with Crippen LogP contribution < -0.4 is 10.5 Å². The maximum absolute atomic E-state index is 9.18. The lowest BCUT2D eigenvalue weighted by molar-refractivity contribution is 0.289. The number of ether oxygens (including phenoxy) is 1. The molecule has 0 saturated heterocycles. The van der Waals surface area contributed by atoms with E-state index in [1.54, 1.807) is 24.3 Å². The van der Waals surface area contributed by atoms with E-state index in [2.05, 4.69) is 9.68 Å². The summed E-state index contributed by atoms with van der Waals surface area (Å²) in [5.74, 6) is 0.980. The molecule has 0 fully saturated rings. The summed E-state index contributed by atoms with van der Waals surface area (Å²) in [4.78, 5) is 0. The van der Waals surface area contributed by atoms with E-state index in [1.807, 2.05) is 0 Å². The van der Waals surface area contributed by atoms with Gasteiger partial charge in [-0.25, -0.2) is 0 Å². The van der Waals surface area contributed by atoms with E-state index >= 15 is 0 Å². The molecule has 78 valence electrons. The van der Waals surface area contributed by atoms with Gasteiger partial charge in [0.2, 0.25) is 5.88 Å². The van der Waals surface area contributed by atoms with Gasteiger partial charge in [0, 0.05) is 12.1 Å². The van der Waals surface area contributed by atoms with Crippen LogP contribution in [0.15, 0.2) is 34.9 Å². The minimum Gasteiger partial charge on any atom is -0.508 e. The molecule has 0 amide bonds. The van der Waals surface area contributed by atoms with Crippen LogP contribution in [-0.2, 0) is 6.61 Å². The molecule has 1 aromatic carbocycles. The molecule has 1 aromatic heterocycles. The number of hydrogen-bond donors (Lipinski definition) is 2. The van der Waals surface area contributed by atoms with Crippen LogP contribution in [0.5, 0.6) is 11.5 Å². The SMILES string of the molecule is Nc1cc(COc2cccc(O)c2)no1. The number of aromatic nitrogens is 1. The summed E-state index contributed by atoms with van der Waals surface area (Å²) in [5.41, 5.74) is 5.95. The van der Waals surface area contributed by atoms with E-state index in [0.29, 0.717) is 11.4 Å². The number of anilines is 1. The number of nitrogens with two attached hydrogens (primary N) is 1. The second-order valence-corrected chi connectivity index (χ2v) is 3.01. The van der Waals surface area contributed by atoms with Gasteiger partial charge in [0.15, 0.2) is 0 Å². The highest BCUT2D eigenvalue weighted by Gasteiger charge is 2.02. The van der Waals surface area contributed by atoms with Gasteiger partial charge < -0.3 is 20.1 Å². The van der Waals surface area contributed by atoms with Crippen LogP contribution in [0.2, 0.25) is 0 Å². The van der Waals surface area contributed by atoms with E-state index < -0.39 is 0 Å². The summed E-state index contributed by atoms with van der Waals surface area (Å²) in [6, 6.07) is 8.11. The number of phenolic OH excluding ortho intramolecular Hbond substituents is 1. The van der Waals surface area contributed by atoms with Gasteiger partial charge in [0.1, 0.15) is 23.8 Å². The molecule has 0 radical (unpaired) electrons. The molecule has 0 spiro atoms. The monoisotopic (exact) mass is 206 g/mol. The fourth-order valence-electron chi connectivity index (χ4n) is 1.13. The van der Waals surface area contributed by atoms with Crippen molar-refractivity contribution in [3.63, 3.8) is 0 Å². The van der Waals surface area contributed by atoms with Crippen molar-refractivity contribution in [1.29, 1.82) is 0 Å². The van der Waals surface area contributed by atoms with E-state index in [0.717, 1.165) is 0 Å². The molecule has 0 atom stereocenters. The van der Waals surface area contributed by atoms with Crippen molar-refractivity contribution >= 4 is 5.88 Å². The molecule has 0 aliphatic carbocycles. The molecular weight excluding hydrogens is 196 g/mol. The first-order valence-corrected chi connectivity index (χ1v) is 4.37. The molecule has 2 rings (SSSR count). The Morgan fingerprint density at radius 2 is 2.27 bits per heavy atom. The highest BCUT2D eigenvalue weighted by atomic mass is 16.5. The zero-order valence-corrected chi connectivity index (χ0v) is 7.88. The summed E-state index contributed by atoms with van der Waals surface area (Å²) in [5, 5.41) is 12.8. The molecule has 0 aliphatic heterocycles. The maximum Gasteiger partial charge on any atom is 0.222 e. The van der Waals surface area contributed by atoms with Crippen molar-refractivity contribution in [3.05, 3.63) is 36.0 Å². The number of phenols is 1. The van der Waals surface area contributed by atoms with Crippen molar-refractivity contribution in [3.8, 4) is 11.5 Å². The molecule has 5 nitrogen and oxygen atoms in total. The van der Waals surface area contributed by atoms with Crippen LogP contribution in [0.3, 0.4) is 0 Å². The predicted octanol–water partition coefficient (Wildman–Crippen LogP) is 1.54. The Balaban J connectivity index is 1.99. The predicted molar refractivity (Wildman–Crippen MR) is 53.4 cm³/mol. The Labute approximate surface area is 86.1 Å². The average molecular weight is 206 g/mol. The molecule has 0 aliphatic rings. The van der Waals surface area contributed by atoms with Crippen molar-refractivity contribution in [2.24, 2.45) is 0 Å². The number of aromatic hydroxyl groups is 1. The third-order valence-electron chi connectivity index (χ3n) is 1.78. The number of nitrogens with zero attached hydrogens (tertiary/aromatic N) is 1. The van der Waals surface area contributed by atoms with Crippen molar-refractivity contribution in [2.75, 3.05) is 5.73 Å². The fourth-order valence-corrected chi connectivity index (χ4v) is 1.13. The first-order chi connectivity index (χ1) is 7.24. The summed E-state index contributed by atoms with van der Waals surface area (Å²) in [6.45, 7) is 0.254. The van der Waals surface area contributed by atoms with Crippen LogP contribution in [0.25, 0.3) is 0 Å². The van der Waals surface area contributed by atoms with Gasteiger partial charge in [-0.3, -0.25) is 0 Å². The van der Waals surface area contributed by atoms with Crippen LogP contribution in [0.4, 0.5) is 5.88 Å².